The molecule has 0 saturated carbocycles. The summed E-state index contributed by atoms with van der Waals surface area (Å²) in [6.07, 6.45) is 2.15. The number of aromatic nitrogens is 2. The number of rotatable bonds is 2. The van der Waals surface area contributed by atoms with Crippen LogP contribution in [0.25, 0.3) is 5.65 Å². The number of anilines is 1. The van der Waals surface area contributed by atoms with Crippen LogP contribution in [-0.2, 0) is 29.0 Å². The van der Waals surface area contributed by atoms with Gasteiger partial charge in [0.05, 0.1) is 18.2 Å². The first-order valence-electron chi connectivity index (χ1n) is 13.4. The number of amides is 4. The molecule has 3 aliphatic rings. The number of carbonyl (C=O) groups excluding carboxylic acids is 3. The van der Waals surface area contributed by atoms with Crippen LogP contribution in [0.5, 0.6) is 0 Å². The highest BCUT2D eigenvalue weighted by molar-refractivity contribution is 6.20. The zero-order valence-corrected chi connectivity index (χ0v) is 22.2. The second kappa shape index (κ2) is 8.61. The maximum atomic E-state index is 14.6. The van der Waals surface area contributed by atoms with Crippen molar-refractivity contribution in [3.63, 3.8) is 0 Å². The molecule has 1 fully saturated rings. The fraction of sp³-hybridized carbons (Fsp3) is 0.258. The molecule has 200 valence electrons. The number of urea groups is 1. The Morgan fingerprint density at radius 2 is 1.75 bits per heavy atom. The Morgan fingerprint density at radius 1 is 0.975 bits per heavy atom. The zero-order valence-electron chi connectivity index (χ0n) is 22.2. The summed E-state index contributed by atoms with van der Waals surface area (Å²) in [5.41, 5.74) is 3.31. The number of barbiturate groups is 1. The minimum absolute atomic E-state index is 0.00927. The van der Waals surface area contributed by atoms with Crippen molar-refractivity contribution in [3.05, 3.63) is 111 Å². The van der Waals surface area contributed by atoms with E-state index in [0.717, 1.165) is 32.7 Å². The van der Waals surface area contributed by atoms with Gasteiger partial charge >= 0.3 is 6.03 Å². The predicted octanol–water partition coefficient (Wildman–Crippen LogP) is 3.24. The van der Waals surface area contributed by atoms with Crippen LogP contribution in [0.4, 0.5) is 10.6 Å². The third kappa shape index (κ3) is 3.30. The van der Waals surface area contributed by atoms with Crippen molar-refractivity contribution in [3.8, 4) is 0 Å². The van der Waals surface area contributed by atoms with Gasteiger partial charge in [0.15, 0.2) is 5.41 Å². The molecular weight excluding hydrogens is 506 g/mol. The number of hydrogen-bond acceptors (Lipinski definition) is 6. The lowest BCUT2D eigenvalue weighted by molar-refractivity contribution is -0.154. The zero-order chi connectivity index (χ0) is 27.8. The average Bonchev–Trinajstić information content (AvgIpc) is 2.96. The summed E-state index contributed by atoms with van der Waals surface area (Å²) in [6, 6.07) is 17.5. The van der Waals surface area contributed by atoms with Crippen molar-refractivity contribution in [1.29, 1.82) is 0 Å². The average molecular weight is 534 g/mol. The first-order valence-corrected chi connectivity index (χ1v) is 13.4. The normalized spacial score (nSPS) is 21.8. The summed E-state index contributed by atoms with van der Waals surface area (Å²) < 4.78 is 1.47. The fourth-order valence-corrected chi connectivity index (χ4v) is 6.54. The number of benzene rings is 2. The SMILES string of the molecule is Cc1ccc(CN2C(=O)NC(=O)[C@@]3(Cc4c(nc5c(C)cccn5c4=O)N4CCc5ccccc5[C@H]43)C2=O)cc1. The molecule has 4 amide bonds. The van der Waals surface area contributed by atoms with Crippen molar-refractivity contribution in [2.75, 3.05) is 11.4 Å². The van der Waals surface area contributed by atoms with Crippen LogP contribution in [0, 0.1) is 19.3 Å². The highest BCUT2D eigenvalue weighted by atomic mass is 16.2. The highest BCUT2D eigenvalue weighted by Gasteiger charge is 2.64. The Kier molecular flexibility index (Phi) is 5.22. The van der Waals surface area contributed by atoms with Crippen LogP contribution in [0.1, 0.15) is 39.4 Å². The van der Waals surface area contributed by atoms with Crippen molar-refractivity contribution < 1.29 is 14.4 Å². The molecule has 0 radical (unpaired) electrons. The minimum Gasteiger partial charge on any atom is -0.347 e. The second-order valence-corrected chi connectivity index (χ2v) is 10.9. The molecule has 7 rings (SSSR count). The number of aryl methyl sites for hydroxylation is 2. The van der Waals surface area contributed by atoms with E-state index in [-0.39, 0.29) is 18.5 Å². The van der Waals surface area contributed by atoms with E-state index in [2.05, 4.69) is 5.32 Å². The molecule has 5 heterocycles. The molecule has 1 saturated heterocycles. The number of fused-ring (bicyclic) bond motifs is 7. The third-order valence-corrected chi connectivity index (χ3v) is 8.56. The van der Waals surface area contributed by atoms with Gasteiger partial charge in [-0.25, -0.2) is 9.78 Å². The van der Waals surface area contributed by atoms with E-state index in [9.17, 15) is 19.2 Å². The number of imide groups is 2. The topological polar surface area (TPSA) is 104 Å². The summed E-state index contributed by atoms with van der Waals surface area (Å²) in [4.78, 5) is 63.6. The summed E-state index contributed by atoms with van der Waals surface area (Å²) in [5, 5.41) is 2.48. The Bertz CT molecular complexity index is 1810. The second-order valence-electron chi connectivity index (χ2n) is 10.9. The molecule has 40 heavy (non-hydrogen) atoms. The Hall–Kier alpha value is -4.79. The van der Waals surface area contributed by atoms with Gasteiger partial charge in [0.1, 0.15) is 11.5 Å². The Morgan fingerprint density at radius 3 is 2.55 bits per heavy atom. The lowest BCUT2D eigenvalue weighted by Crippen LogP contribution is -2.70. The lowest BCUT2D eigenvalue weighted by atomic mass is 9.65. The monoisotopic (exact) mass is 533 g/mol. The molecule has 2 atom stereocenters. The van der Waals surface area contributed by atoms with Crippen LogP contribution in [0.3, 0.4) is 0 Å². The van der Waals surface area contributed by atoms with Crippen LogP contribution < -0.4 is 15.8 Å². The molecular formula is C31H27N5O4. The summed E-state index contributed by atoms with van der Waals surface area (Å²) in [7, 11) is 0. The van der Waals surface area contributed by atoms with Crippen LogP contribution >= 0.6 is 0 Å². The molecule has 1 N–H and O–H groups in total. The molecule has 0 unspecified atom stereocenters. The fourth-order valence-electron chi connectivity index (χ4n) is 6.54. The maximum Gasteiger partial charge on any atom is 0.331 e. The number of nitrogens with one attached hydrogen (secondary N) is 1. The van der Waals surface area contributed by atoms with Crippen molar-refractivity contribution in [2.24, 2.45) is 5.41 Å². The van der Waals surface area contributed by atoms with E-state index in [1.54, 1.807) is 12.3 Å². The van der Waals surface area contributed by atoms with Crippen LogP contribution in [-0.4, -0.2) is 38.7 Å². The van der Waals surface area contributed by atoms with E-state index in [1.165, 1.54) is 4.40 Å². The van der Waals surface area contributed by atoms with Gasteiger partial charge in [-0.1, -0.05) is 60.2 Å². The van der Waals surface area contributed by atoms with Crippen molar-refractivity contribution >= 4 is 29.3 Å². The number of hydrogen-bond donors (Lipinski definition) is 1. The van der Waals surface area contributed by atoms with Crippen LogP contribution in [0.2, 0.25) is 0 Å². The predicted molar refractivity (Wildman–Crippen MR) is 148 cm³/mol. The number of pyridine rings is 1. The van der Waals surface area contributed by atoms with E-state index in [0.29, 0.717) is 30.0 Å². The van der Waals surface area contributed by atoms with Gasteiger partial charge in [0.2, 0.25) is 11.8 Å². The van der Waals surface area contributed by atoms with Crippen LogP contribution in [0.15, 0.2) is 71.7 Å². The van der Waals surface area contributed by atoms with Gasteiger partial charge < -0.3 is 4.90 Å². The molecule has 3 aliphatic heterocycles. The van der Waals surface area contributed by atoms with E-state index in [4.69, 9.17) is 4.98 Å². The molecule has 9 heteroatoms. The van der Waals surface area contributed by atoms with E-state index >= 15 is 0 Å². The minimum atomic E-state index is -1.74. The standard InChI is InChI=1S/C31H27N5O4/c1-18-9-11-20(12-10-18)17-36-29(39)31(28(38)33-30(36)40)16-23-26(32-25-19(2)6-5-14-35(25)27(23)37)34-15-13-21-7-3-4-8-22(21)24(31)34/h3-12,14,24H,13,15-17H2,1-2H3,(H,33,38,40)/t24-,31-/m0/s1. The first-order chi connectivity index (χ1) is 19.3. The molecule has 0 aliphatic carbocycles. The van der Waals surface area contributed by atoms with Gasteiger partial charge in [-0.05, 0) is 48.6 Å². The van der Waals surface area contributed by atoms with Crippen molar-refractivity contribution in [1.82, 2.24) is 19.6 Å². The third-order valence-electron chi connectivity index (χ3n) is 8.56. The molecule has 0 bridgehead atoms. The van der Waals surface area contributed by atoms with E-state index < -0.39 is 29.3 Å². The quantitative estimate of drug-likeness (QED) is 0.397. The van der Waals surface area contributed by atoms with Crippen molar-refractivity contribution in [2.45, 2.75) is 39.3 Å². The maximum absolute atomic E-state index is 14.6. The first kappa shape index (κ1) is 24.3. The molecule has 1 spiro atoms. The molecule has 4 aromatic rings. The summed E-state index contributed by atoms with van der Waals surface area (Å²) >= 11 is 0. The summed E-state index contributed by atoms with van der Waals surface area (Å²) in [5.74, 6) is -0.798. The van der Waals surface area contributed by atoms with E-state index in [1.807, 2.05) is 73.3 Å². The number of nitrogens with zero attached hydrogens (tertiary/aromatic N) is 4. The molecule has 2 aromatic carbocycles. The molecule has 2 aromatic heterocycles. The summed E-state index contributed by atoms with van der Waals surface area (Å²) in [6.45, 7) is 4.34. The molecule has 9 nitrogen and oxygen atoms in total. The lowest BCUT2D eigenvalue weighted by Gasteiger charge is -2.53. The smallest absolute Gasteiger partial charge is 0.331 e. The Balaban J connectivity index is 1.46. The van der Waals surface area contributed by atoms with Gasteiger partial charge in [0, 0.05) is 19.2 Å². The van der Waals surface area contributed by atoms with Gasteiger partial charge in [-0.2, -0.15) is 0 Å². The highest BCUT2D eigenvalue weighted by Crippen LogP contribution is 2.52. The largest absolute Gasteiger partial charge is 0.347 e. The number of carbonyl (C=O) groups is 3. The van der Waals surface area contributed by atoms with Gasteiger partial charge in [-0.3, -0.25) is 29.0 Å². The van der Waals surface area contributed by atoms with Gasteiger partial charge in [0.25, 0.3) is 5.56 Å². The Labute approximate surface area is 230 Å². The van der Waals surface area contributed by atoms with Gasteiger partial charge in [-0.15, -0.1) is 0 Å².